The molecule has 2 aliphatic rings. The predicted octanol–water partition coefficient (Wildman–Crippen LogP) is 4.33. The molecule has 2 aromatic rings. The fraction of sp³-hybridized carbons (Fsp3) is 0.500. The van der Waals surface area contributed by atoms with Gasteiger partial charge in [0.05, 0.1) is 6.10 Å². The van der Waals surface area contributed by atoms with Gasteiger partial charge >= 0.3 is 5.97 Å². The van der Waals surface area contributed by atoms with E-state index < -0.39 is 12.0 Å². The molecule has 1 fully saturated rings. The van der Waals surface area contributed by atoms with Crippen molar-refractivity contribution in [3.05, 3.63) is 58.2 Å². The Labute approximate surface area is 188 Å². The van der Waals surface area contributed by atoms with Crippen molar-refractivity contribution in [2.45, 2.75) is 50.7 Å². The number of carboxylic acids is 1. The van der Waals surface area contributed by atoms with E-state index >= 15 is 0 Å². The fourth-order valence-electron chi connectivity index (χ4n) is 4.47. The number of benzene rings is 1. The van der Waals surface area contributed by atoms with Gasteiger partial charge in [0.1, 0.15) is 11.9 Å². The number of hydrogen-bond donors (Lipinski definition) is 2. The van der Waals surface area contributed by atoms with Gasteiger partial charge < -0.3 is 15.2 Å². The normalized spacial score (nSPS) is 19.6. The summed E-state index contributed by atoms with van der Waals surface area (Å²) in [6.45, 7) is 3.00. The third-order valence-electron chi connectivity index (χ3n) is 6.11. The molecule has 0 unspecified atom stereocenters. The van der Waals surface area contributed by atoms with Gasteiger partial charge in [-0.25, -0.2) is 4.98 Å². The first kappa shape index (κ1) is 22.1. The number of aliphatic carboxylic acids is 1. The first-order chi connectivity index (χ1) is 15.1. The highest BCUT2D eigenvalue weighted by molar-refractivity contribution is 6.31. The highest BCUT2D eigenvalue weighted by Crippen LogP contribution is 2.31. The number of nitrogens with zero attached hydrogens (tertiary/aromatic N) is 2. The number of nitrogens with one attached hydrogen (secondary N) is 1. The summed E-state index contributed by atoms with van der Waals surface area (Å²) in [4.78, 5) is 18.6. The molecule has 7 heteroatoms. The number of aryl methyl sites for hydroxylation is 2. The molecule has 0 bridgehead atoms. The number of unbranched alkanes of at least 4 members (excludes halogenated alkanes) is 1. The zero-order valence-corrected chi connectivity index (χ0v) is 18.5. The van der Waals surface area contributed by atoms with Crippen LogP contribution in [0.3, 0.4) is 0 Å². The molecule has 0 spiro atoms. The number of hydrogen-bond acceptors (Lipinski definition) is 5. The summed E-state index contributed by atoms with van der Waals surface area (Å²) in [7, 11) is 0. The van der Waals surface area contributed by atoms with Crippen molar-refractivity contribution in [3.8, 4) is 0 Å². The lowest BCUT2D eigenvalue weighted by atomic mass is 10.1. The number of anilines is 1. The van der Waals surface area contributed by atoms with E-state index in [1.165, 1.54) is 12.0 Å². The van der Waals surface area contributed by atoms with E-state index in [0.29, 0.717) is 30.3 Å². The van der Waals surface area contributed by atoms with E-state index in [0.717, 1.165) is 50.2 Å². The second-order valence-corrected chi connectivity index (χ2v) is 8.74. The van der Waals surface area contributed by atoms with Crippen LogP contribution >= 0.6 is 11.6 Å². The highest BCUT2D eigenvalue weighted by Gasteiger charge is 2.34. The van der Waals surface area contributed by atoms with Crippen LogP contribution in [0.5, 0.6) is 0 Å². The molecular weight excluding hydrogens is 414 g/mol. The molecule has 6 nitrogen and oxygen atoms in total. The van der Waals surface area contributed by atoms with Gasteiger partial charge in [-0.2, -0.15) is 0 Å². The zero-order valence-electron chi connectivity index (χ0n) is 17.7. The summed E-state index contributed by atoms with van der Waals surface area (Å²) in [5.41, 5.74) is 3.09. The van der Waals surface area contributed by atoms with Gasteiger partial charge in [0, 0.05) is 37.0 Å². The molecule has 0 amide bonds. The average molecular weight is 444 g/mol. The molecule has 2 N–H and O–H groups in total. The van der Waals surface area contributed by atoms with Gasteiger partial charge in [-0.1, -0.05) is 35.9 Å². The summed E-state index contributed by atoms with van der Waals surface area (Å²) < 4.78 is 6.06. The monoisotopic (exact) mass is 443 g/mol. The summed E-state index contributed by atoms with van der Waals surface area (Å²) in [6, 6.07) is 10.8. The number of fused-ring (bicyclic) bond motifs is 1. The van der Waals surface area contributed by atoms with Gasteiger partial charge in [-0.05, 0) is 61.8 Å². The molecule has 0 aliphatic carbocycles. The number of carbonyl (C=O) groups is 1. The zero-order chi connectivity index (χ0) is 21.6. The summed E-state index contributed by atoms with van der Waals surface area (Å²) in [5.74, 6) is 0.179. The Kier molecular flexibility index (Phi) is 7.43. The molecule has 1 saturated heterocycles. The molecule has 0 saturated carbocycles. The lowest BCUT2D eigenvalue weighted by molar-refractivity contribution is -0.143. The predicted molar refractivity (Wildman–Crippen MR) is 122 cm³/mol. The fourth-order valence-corrected chi connectivity index (χ4v) is 4.71. The maximum absolute atomic E-state index is 11.9. The van der Waals surface area contributed by atoms with Gasteiger partial charge in [0.25, 0.3) is 0 Å². The van der Waals surface area contributed by atoms with E-state index in [9.17, 15) is 9.90 Å². The standard InChI is InChI=1S/C24H30ClN3O3/c25-21-9-2-1-8-20(21)22(24(29)30)28-14-12-19(16-28)31-15-4-3-7-18-11-10-17-6-5-13-26-23(17)27-18/h1-2,8-11,19,22H,3-7,12-16H2,(H,26,27)(H,29,30)/t19-,22+/m1/s1. The van der Waals surface area contributed by atoms with Crippen molar-refractivity contribution < 1.29 is 14.6 Å². The van der Waals surface area contributed by atoms with E-state index in [1.807, 2.05) is 17.0 Å². The minimum atomic E-state index is -0.874. The molecule has 4 rings (SSSR count). The van der Waals surface area contributed by atoms with Crippen molar-refractivity contribution >= 4 is 23.4 Å². The maximum atomic E-state index is 11.9. The molecule has 0 radical (unpaired) electrons. The molecule has 2 atom stereocenters. The van der Waals surface area contributed by atoms with Crippen LogP contribution < -0.4 is 5.32 Å². The maximum Gasteiger partial charge on any atom is 0.325 e. The number of halogens is 1. The van der Waals surface area contributed by atoms with Crippen molar-refractivity contribution in [3.63, 3.8) is 0 Å². The first-order valence-electron chi connectivity index (χ1n) is 11.2. The van der Waals surface area contributed by atoms with Crippen molar-refractivity contribution in [2.24, 2.45) is 0 Å². The summed E-state index contributed by atoms with van der Waals surface area (Å²) in [6.07, 6.45) is 6.14. The van der Waals surface area contributed by atoms with E-state index in [2.05, 4.69) is 17.4 Å². The Bertz CT molecular complexity index is 907. The topological polar surface area (TPSA) is 74.7 Å². The number of rotatable bonds is 9. The van der Waals surface area contributed by atoms with Crippen LogP contribution in [0, 0.1) is 0 Å². The third-order valence-corrected chi connectivity index (χ3v) is 6.45. The number of ether oxygens (including phenoxy) is 1. The van der Waals surface area contributed by atoms with Crippen LogP contribution in [-0.4, -0.2) is 53.3 Å². The Hall–Kier alpha value is -2.15. The second kappa shape index (κ2) is 10.4. The van der Waals surface area contributed by atoms with Gasteiger partial charge in [0.2, 0.25) is 0 Å². The van der Waals surface area contributed by atoms with Crippen molar-refractivity contribution in [1.82, 2.24) is 9.88 Å². The number of carboxylic acid groups (broad SMARTS) is 1. The lowest BCUT2D eigenvalue weighted by Crippen LogP contribution is -2.33. The second-order valence-electron chi connectivity index (χ2n) is 8.34. The Morgan fingerprint density at radius 2 is 2.16 bits per heavy atom. The van der Waals surface area contributed by atoms with Gasteiger partial charge in [-0.3, -0.25) is 9.69 Å². The number of likely N-dealkylation sites (tertiary alicyclic amines) is 1. The Balaban J connectivity index is 1.21. The highest BCUT2D eigenvalue weighted by atomic mass is 35.5. The molecule has 1 aromatic carbocycles. The Morgan fingerprint density at radius 1 is 1.29 bits per heavy atom. The molecular formula is C24H30ClN3O3. The largest absolute Gasteiger partial charge is 0.480 e. The van der Waals surface area contributed by atoms with E-state index in [-0.39, 0.29) is 6.10 Å². The molecule has 3 heterocycles. The van der Waals surface area contributed by atoms with Crippen LogP contribution in [0.1, 0.15) is 48.5 Å². The van der Waals surface area contributed by atoms with Gasteiger partial charge in [0.15, 0.2) is 0 Å². The van der Waals surface area contributed by atoms with Crippen molar-refractivity contribution in [1.29, 1.82) is 0 Å². The van der Waals surface area contributed by atoms with Crippen LogP contribution in [-0.2, 0) is 22.4 Å². The summed E-state index contributed by atoms with van der Waals surface area (Å²) >= 11 is 6.26. The number of aromatic nitrogens is 1. The molecule has 1 aromatic heterocycles. The third kappa shape index (κ3) is 5.56. The van der Waals surface area contributed by atoms with E-state index in [1.54, 1.807) is 12.1 Å². The average Bonchev–Trinajstić information content (AvgIpc) is 3.23. The first-order valence-corrected chi connectivity index (χ1v) is 11.5. The van der Waals surface area contributed by atoms with E-state index in [4.69, 9.17) is 21.3 Å². The SMILES string of the molecule is O=C(O)[C@H](c1ccccc1Cl)N1CC[C@@H](OCCCCc2ccc3c(n2)NCCC3)C1. The smallest absolute Gasteiger partial charge is 0.325 e. The van der Waals surface area contributed by atoms with Crippen LogP contribution in [0.15, 0.2) is 36.4 Å². The van der Waals surface area contributed by atoms with Crippen molar-refractivity contribution in [2.75, 3.05) is 31.6 Å². The molecule has 31 heavy (non-hydrogen) atoms. The van der Waals surface area contributed by atoms with Crippen LogP contribution in [0.25, 0.3) is 0 Å². The minimum Gasteiger partial charge on any atom is -0.480 e. The lowest BCUT2D eigenvalue weighted by Gasteiger charge is -2.25. The molecule has 2 aliphatic heterocycles. The quantitative estimate of drug-likeness (QED) is 0.562. The van der Waals surface area contributed by atoms with Crippen LogP contribution in [0.2, 0.25) is 5.02 Å². The summed E-state index contributed by atoms with van der Waals surface area (Å²) in [5, 5.41) is 13.7. The molecule has 166 valence electrons. The van der Waals surface area contributed by atoms with Crippen LogP contribution in [0.4, 0.5) is 5.82 Å². The number of pyridine rings is 1. The minimum absolute atomic E-state index is 0.0652. The van der Waals surface area contributed by atoms with Gasteiger partial charge in [-0.15, -0.1) is 0 Å². The Morgan fingerprint density at radius 3 is 3.00 bits per heavy atom.